The van der Waals surface area contributed by atoms with E-state index in [-0.39, 0.29) is 18.1 Å². The molecule has 1 aromatic heterocycles. The summed E-state index contributed by atoms with van der Waals surface area (Å²) in [6, 6.07) is 0. The molecular formula is C10H14N2O4S2. The number of anilines is 1. The highest BCUT2D eigenvalue weighted by atomic mass is 32.2. The Balaban J connectivity index is 2.16. The first-order valence-electron chi connectivity index (χ1n) is 5.45. The lowest BCUT2D eigenvalue weighted by molar-refractivity contribution is 0.112. The van der Waals surface area contributed by atoms with Gasteiger partial charge in [0.1, 0.15) is 0 Å². The number of sulfone groups is 1. The van der Waals surface area contributed by atoms with Gasteiger partial charge in [-0.3, -0.25) is 4.79 Å². The molecule has 2 rings (SSSR count). The topological polar surface area (TPSA) is 76.6 Å². The van der Waals surface area contributed by atoms with Crippen LogP contribution in [0.2, 0.25) is 0 Å². The van der Waals surface area contributed by atoms with E-state index in [9.17, 15) is 13.2 Å². The van der Waals surface area contributed by atoms with Gasteiger partial charge in [0.05, 0.1) is 28.7 Å². The minimum Gasteiger partial charge on any atom is -0.378 e. The van der Waals surface area contributed by atoms with Crippen molar-refractivity contribution in [3.63, 3.8) is 0 Å². The average Bonchev–Trinajstić information content (AvgIpc) is 2.73. The van der Waals surface area contributed by atoms with Gasteiger partial charge in [-0.1, -0.05) is 11.3 Å². The molecule has 2 heterocycles. The zero-order valence-electron chi connectivity index (χ0n) is 9.96. The average molecular weight is 290 g/mol. The van der Waals surface area contributed by atoms with Crippen LogP contribution >= 0.6 is 11.3 Å². The number of carbonyl (C=O) groups excluding carboxylic acids is 1. The van der Waals surface area contributed by atoms with Gasteiger partial charge < -0.3 is 9.64 Å². The third-order valence-corrected chi connectivity index (χ3v) is 5.41. The van der Waals surface area contributed by atoms with E-state index in [1.165, 1.54) is 11.3 Å². The van der Waals surface area contributed by atoms with Crippen molar-refractivity contribution < 1.29 is 17.9 Å². The van der Waals surface area contributed by atoms with Crippen molar-refractivity contribution in [1.82, 2.24) is 4.98 Å². The zero-order valence-corrected chi connectivity index (χ0v) is 11.6. The molecule has 0 atom stereocenters. The van der Waals surface area contributed by atoms with Crippen molar-refractivity contribution in [2.75, 3.05) is 36.6 Å². The van der Waals surface area contributed by atoms with E-state index in [2.05, 4.69) is 4.98 Å². The third-order valence-electron chi connectivity index (χ3n) is 2.72. The molecule has 0 spiro atoms. The second kappa shape index (κ2) is 5.33. The van der Waals surface area contributed by atoms with E-state index in [1.54, 1.807) is 7.11 Å². The fourth-order valence-corrected chi connectivity index (χ4v) is 3.86. The molecule has 1 fully saturated rings. The van der Waals surface area contributed by atoms with Gasteiger partial charge in [0.2, 0.25) is 0 Å². The summed E-state index contributed by atoms with van der Waals surface area (Å²) >= 11 is 1.28. The summed E-state index contributed by atoms with van der Waals surface area (Å²) in [6.45, 7) is 1.15. The molecule has 1 aliphatic heterocycles. The summed E-state index contributed by atoms with van der Waals surface area (Å²) in [5.41, 5.74) is 0.612. The Labute approximate surface area is 110 Å². The Morgan fingerprint density at radius 1 is 1.44 bits per heavy atom. The maximum Gasteiger partial charge on any atom is 0.186 e. The highest BCUT2D eigenvalue weighted by Gasteiger charge is 2.24. The molecule has 0 aliphatic carbocycles. The lowest BCUT2D eigenvalue weighted by atomic mass is 10.4. The molecular weight excluding hydrogens is 276 g/mol. The maximum absolute atomic E-state index is 11.3. The lowest BCUT2D eigenvalue weighted by Crippen LogP contribution is -2.40. The first-order chi connectivity index (χ1) is 8.55. The van der Waals surface area contributed by atoms with Crippen LogP contribution in [-0.4, -0.2) is 51.4 Å². The number of aldehydes is 1. The standard InChI is InChI=1S/C10H14N2O4S2/c1-16-7-8-9(6-13)17-10(11-8)12-2-4-18(14,15)5-3-12/h6H,2-5,7H2,1H3. The van der Waals surface area contributed by atoms with Gasteiger partial charge in [-0.15, -0.1) is 0 Å². The molecule has 0 amide bonds. The van der Waals surface area contributed by atoms with E-state index in [4.69, 9.17) is 4.74 Å². The fourth-order valence-electron chi connectivity index (χ4n) is 1.72. The van der Waals surface area contributed by atoms with Crippen LogP contribution in [0, 0.1) is 0 Å². The Morgan fingerprint density at radius 3 is 2.67 bits per heavy atom. The molecule has 0 N–H and O–H groups in total. The normalized spacial score (nSPS) is 18.8. The smallest absolute Gasteiger partial charge is 0.186 e. The summed E-state index contributed by atoms with van der Waals surface area (Å²) in [4.78, 5) is 17.7. The minimum absolute atomic E-state index is 0.141. The van der Waals surface area contributed by atoms with Crippen molar-refractivity contribution in [3.8, 4) is 0 Å². The second-order valence-electron chi connectivity index (χ2n) is 4.00. The fraction of sp³-hybridized carbons (Fsp3) is 0.600. The molecule has 6 nitrogen and oxygen atoms in total. The summed E-state index contributed by atoms with van der Waals surface area (Å²) in [6.07, 6.45) is 0.760. The second-order valence-corrected chi connectivity index (χ2v) is 7.31. The number of rotatable bonds is 4. The van der Waals surface area contributed by atoms with Crippen molar-refractivity contribution in [2.45, 2.75) is 6.61 Å². The minimum atomic E-state index is -2.90. The van der Waals surface area contributed by atoms with Gasteiger partial charge in [-0.2, -0.15) is 0 Å². The summed E-state index contributed by atoms with van der Waals surface area (Å²) in [5.74, 6) is 0.283. The number of methoxy groups -OCH3 is 1. The number of thiazole rings is 1. The van der Waals surface area contributed by atoms with Crippen LogP contribution in [0.15, 0.2) is 0 Å². The Hall–Kier alpha value is -0.990. The van der Waals surface area contributed by atoms with Gasteiger partial charge in [0, 0.05) is 20.2 Å². The van der Waals surface area contributed by atoms with Crippen LogP contribution in [-0.2, 0) is 21.2 Å². The van der Waals surface area contributed by atoms with Gasteiger partial charge in [-0.05, 0) is 0 Å². The molecule has 0 unspecified atom stereocenters. The highest BCUT2D eigenvalue weighted by molar-refractivity contribution is 7.91. The maximum atomic E-state index is 11.3. The number of hydrogen-bond acceptors (Lipinski definition) is 7. The number of nitrogens with zero attached hydrogens (tertiary/aromatic N) is 2. The van der Waals surface area contributed by atoms with Gasteiger partial charge in [0.15, 0.2) is 21.3 Å². The van der Waals surface area contributed by atoms with E-state index in [1.807, 2.05) is 4.90 Å². The van der Waals surface area contributed by atoms with E-state index in [0.29, 0.717) is 28.8 Å². The SMILES string of the molecule is COCc1nc(N2CCS(=O)(=O)CC2)sc1C=O. The molecule has 8 heteroatoms. The Kier molecular flexibility index (Phi) is 3.98. The summed E-state index contributed by atoms with van der Waals surface area (Å²) < 4.78 is 27.7. The largest absolute Gasteiger partial charge is 0.378 e. The first-order valence-corrected chi connectivity index (χ1v) is 8.08. The van der Waals surface area contributed by atoms with Crippen molar-refractivity contribution in [3.05, 3.63) is 10.6 Å². The Bertz CT molecular complexity index is 524. The van der Waals surface area contributed by atoms with Gasteiger partial charge >= 0.3 is 0 Å². The molecule has 0 radical (unpaired) electrons. The predicted molar refractivity (Wildman–Crippen MR) is 69.1 cm³/mol. The summed E-state index contributed by atoms with van der Waals surface area (Å²) in [7, 11) is -1.36. The predicted octanol–water partition coefficient (Wildman–Crippen LogP) is 0.337. The third kappa shape index (κ3) is 2.88. The molecule has 1 aliphatic rings. The number of hydrogen-bond donors (Lipinski definition) is 0. The molecule has 1 aromatic rings. The monoisotopic (exact) mass is 290 g/mol. The van der Waals surface area contributed by atoms with Crippen LogP contribution in [0.1, 0.15) is 15.4 Å². The molecule has 100 valence electrons. The van der Waals surface area contributed by atoms with E-state index in [0.717, 1.165) is 6.29 Å². The van der Waals surface area contributed by atoms with Crippen LogP contribution in [0.5, 0.6) is 0 Å². The van der Waals surface area contributed by atoms with Crippen LogP contribution in [0.3, 0.4) is 0 Å². The molecule has 0 aromatic carbocycles. The first kappa shape index (κ1) is 13.4. The lowest BCUT2D eigenvalue weighted by Gasteiger charge is -2.25. The molecule has 0 bridgehead atoms. The Morgan fingerprint density at radius 2 is 2.11 bits per heavy atom. The number of aromatic nitrogens is 1. The van der Waals surface area contributed by atoms with Crippen LogP contribution in [0.4, 0.5) is 5.13 Å². The number of carbonyl (C=O) groups is 1. The van der Waals surface area contributed by atoms with Crippen molar-refractivity contribution in [2.24, 2.45) is 0 Å². The quantitative estimate of drug-likeness (QED) is 0.744. The van der Waals surface area contributed by atoms with Crippen LogP contribution in [0.25, 0.3) is 0 Å². The van der Waals surface area contributed by atoms with Gasteiger partial charge in [0.25, 0.3) is 0 Å². The van der Waals surface area contributed by atoms with Crippen molar-refractivity contribution in [1.29, 1.82) is 0 Å². The molecule has 18 heavy (non-hydrogen) atoms. The zero-order chi connectivity index (χ0) is 13.2. The number of ether oxygens (including phenoxy) is 1. The van der Waals surface area contributed by atoms with Crippen LogP contribution < -0.4 is 4.90 Å². The van der Waals surface area contributed by atoms with Gasteiger partial charge in [-0.25, -0.2) is 13.4 Å². The van der Waals surface area contributed by atoms with E-state index < -0.39 is 9.84 Å². The molecule has 0 saturated carbocycles. The summed E-state index contributed by atoms with van der Waals surface area (Å²) in [5, 5.41) is 0.694. The van der Waals surface area contributed by atoms with E-state index >= 15 is 0 Å². The highest BCUT2D eigenvalue weighted by Crippen LogP contribution is 2.26. The molecule has 1 saturated heterocycles. The van der Waals surface area contributed by atoms with Crippen molar-refractivity contribution >= 4 is 32.6 Å².